The van der Waals surface area contributed by atoms with Gasteiger partial charge in [-0.25, -0.2) is 0 Å². The molecule has 7 nitrogen and oxygen atoms in total. The lowest BCUT2D eigenvalue weighted by atomic mass is 9.93. The van der Waals surface area contributed by atoms with Crippen LogP contribution < -0.4 is 14.8 Å². The minimum Gasteiger partial charge on any atom is -0.493 e. The second-order valence-electron chi connectivity index (χ2n) is 8.37. The first kappa shape index (κ1) is 24.6. The molecule has 186 valence electrons. The van der Waals surface area contributed by atoms with Gasteiger partial charge in [0, 0.05) is 39.7 Å². The van der Waals surface area contributed by atoms with Crippen LogP contribution in [0.3, 0.4) is 0 Å². The van der Waals surface area contributed by atoms with Gasteiger partial charge >= 0.3 is 5.97 Å². The van der Waals surface area contributed by atoms with Crippen LogP contribution in [0.4, 0.5) is 5.69 Å². The number of pyridine rings is 1. The molecule has 1 aliphatic rings. The number of nitrogens with one attached hydrogen (secondary N) is 1. The first-order valence-corrected chi connectivity index (χ1v) is 12.1. The van der Waals surface area contributed by atoms with E-state index in [0.29, 0.717) is 57.8 Å². The van der Waals surface area contributed by atoms with Crippen LogP contribution in [0.5, 0.6) is 17.2 Å². The van der Waals surface area contributed by atoms with E-state index in [1.54, 1.807) is 66.9 Å². The molecule has 3 aromatic carbocycles. The Balaban J connectivity index is 1.28. The number of hydrogen-bond acceptors (Lipinski definition) is 5. The number of hydrogen-bond donors (Lipinski definition) is 2. The molecule has 9 heteroatoms. The summed E-state index contributed by atoms with van der Waals surface area (Å²) < 4.78 is 11.5. The van der Waals surface area contributed by atoms with Gasteiger partial charge in [0.05, 0.1) is 23.2 Å². The Morgan fingerprint density at radius 2 is 1.76 bits per heavy atom. The fourth-order valence-electron chi connectivity index (χ4n) is 4.02. The molecule has 1 amide bonds. The number of nitrogens with zero attached hydrogens (tertiary/aromatic N) is 1. The number of halogens is 2. The Bertz CT molecular complexity index is 1470. The van der Waals surface area contributed by atoms with E-state index in [1.165, 1.54) is 0 Å². The van der Waals surface area contributed by atoms with Crippen LogP contribution in [0.1, 0.15) is 28.3 Å². The Labute approximate surface area is 222 Å². The van der Waals surface area contributed by atoms with E-state index in [2.05, 4.69) is 10.3 Å². The Kier molecular flexibility index (Phi) is 6.99. The molecule has 0 fully saturated rings. The number of amides is 1. The van der Waals surface area contributed by atoms with Crippen molar-refractivity contribution in [1.29, 1.82) is 0 Å². The minimum absolute atomic E-state index is 0.270. The molecule has 0 radical (unpaired) electrons. The second kappa shape index (κ2) is 10.5. The largest absolute Gasteiger partial charge is 0.493 e. The van der Waals surface area contributed by atoms with Crippen molar-refractivity contribution in [2.24, 2.45) is 0 Å². The number of carboxylic acid groups (broad SMARTS) is 1. The molecule has 2 N–H and O–H groups in total. The van der Waals surface area contributed by atoms with Crippen LogP contribution >= 0.6 is 23.2 Å². The average molecular weight is 535 g/mol. The molecule has 1 atom stereocenters. The van der Waals surface area contributed by atoms with E-state index in [4.69, 9.17) is 32.7 Å². The van der Waals surface area contributed by atoms with Gasteiger partial charge in [0.25, 0.3) is 5.91 Å². The van der Waals surface area contributed by atoms with Crippen LogP contribution in [0.15, 0.2) is 79.0 Å². The lowest BCUT2D eigenvalue weighted by Crippen LogP contribution is -2.20. The summed E-state index contributed by atoms with van der Waals surface area (Å²) in [5.74, 6) is -0.663. The summed E-state index contributed by atoms with van der Waals surface area (Å²) in [7, 11) is 0. The zero-order valence-corrected chi connectivity index (χ0v) is 20.8. The quantitative estimate of drug-likeness (QED) is 0.275. The van der Waals surface area contributed by atoms with Crippen molar-refractivity contribution in [1.82, 2.24) is 4.98 Å². The third-order valence-corrected chi connectivity index (χ3v) is 6.45. The zero-order chi connectivity index (χ0) is 25.9. The first-order chi connectivity index (χ1) is 17.9. The van der Waals surface area contributed by atoms with Crippen molar-refractivity contribution in [3.05, 3.63) is 100 Å². The fourth-order valence-corrected chi connectivity index (χ4v) is 4.35. The predicted octanol–water partition coefficient (Wildman–Crippen LogP) is 7.05. The van der Waals surface area contributed by atoms with E-state index < -0.39 is 11.9 Å². The molecule has 0 saturated heterocycles. The van der Waals surface area contributed by atoms with Crippen LogP contribution in [0.25, 0.3) is 11.3 Å². The number of aromatic nitrogens is 1. The van der Waals surface area contributed by atoms with Crippen molar-refractivity contribution >= 4 is 40.8 Å². The molecule has 0 bridgehead atoms. The summed E-state index contributed by atoms with van der Waals surface area (Å²) in [4.78, 5) is 28.7. The number of ether oxygens (including phenoxy) is 2. The average Bonchev–Trinajstić information content (AvgIpc) is 2.89. The van der Waals surface area contributed by atoms with Crippen molar-refractivity contribution in [2.75, 3.05) is 11.9 Å². The number of fused-ring (bicyclic) bond motifs is 1. The fraction of sp³-hybridized carbons (Fsp3) is 0.107. The third-order valence-electron chi connectivity index (χ3n) is 5.90. The second-order valence-corrected chi connectivity index (χ2v) is 9.21. The Morgan fingerprint density at radius 1 is 1.00 bits per heavy atom. The summed E-state index contributed by atoms with van der Waals surface area (Å²) >= 11 is 12.3. The van der Waals surface area contributed by atoms with Gasteiger partial charge in [-0.15, -0.1) is 0 Å². The maximum Gasteiger partial charge on any atom is 0.311 e. The molecular formula is C28H20Cl2N2O5. The van der Waals surface area contributed by atoms with E-state index in [9.17, 15) is 14.7 Å². The molecule has 0 aliphatic carbocycles. The van der Waals surface area contributed by atoms with Crippen molar-refractivity contribution in [3.63, 3.8) is 0 Å². The molecular weight excluding hydrogens is 515 g/mol. The normalized spacial score (nSPS) is 14.3. The monoisotopic (exact) mass is 534 g/mol. The van der Waals surface area contributed by atoms with E-state index in [1.807, 2.05) is 12.1 Å². The molecule has 1 aliphatic heterocycles. The Hall–Kier alpha value is -4.07. The van der Waals surface area contributed by atoms with Crippen LogP contribution in [0.2, 0.25) is 10.0 Å². The summed E-state index contributed by atoms with van der Waals surface area (Å²) in [6.07, 6.45) is 2.01. The molecule has 2 heterocycles. The van der Waals surface area contributed by atoms with Gasteiger partial charge in [-0.1, -0.05) is 35.3 Å². The summed E-state index contributed by atoms with van der Waals surface area (Å²) in [6.45, 7) is 0.299. The van der Waals surface area contributed by atoms with E-state index in [0.717, 1.165) is 5.56 Å². The SMILES string of the molecule is O=C(Nc1ccnc(-c2ccc(Cl)cc2)c1)c1ccc(Oc2cc3c(cc2Cl)C(C(=O)O)CCO3)cc1. The highest BCUT2D eigenvalue weighted by molar-refractivity contribution is 6.32. The molecule has 37 heavy (non-hydrogen) atoms. The molecule has 5 rings (SSSR count). The smallest absolute Gasteiger partial charge is 0.311 e. The van der Waals surface area contributed by atoms with E-state index >= 15 is 0 Å². The van der Waals surface area contributed by atoms with Gasteiger partial charge < -0.3 is 19.9 Å². The number of benzene rings is 3. The number of rotatable bonds is 6. The minimum atomic E-state index is -0.920. The van der Waals surface area contributed by atoms with Crippen LogP contribution in [-0.4, -0.2) is 28.6 Å². The topological polar surface area (TPSA) is 97.8 Å². The summed E-state index contributed by atoms with van der Waals surface area (Å²) in [5, 5.41) is 13.2. The highest BCUT2D eigenvalue weighted by Crippen LogP contribution is 2.41. The number of anilines is 1. The van der Waals surface area contributed by atoms with Gasteiger partial charge in [0.1, 0.15) is 17.2 Å². The van der Waals surface area contributed by atoms with Gasteiger partial charge in [-0.05, 0) is 61.0 Å². The third kappa shape index (κ3) is 5.53. The maximum absolute atomic E-state index is 12.8. The number of carbonyl (C=O) groups excluding carboxylic acids is 1. The van der Waals surface area contributed by atoms with Gasteiger partial charge in [0.2, 0.25) is 0 Å². The van der Waals surface area contributed by atoms with Crippen molar-refractivity contribution < 1.29 is 24.2 Å². The lowest BCUT2D eigenvalue weighted by Gasteiger charge is -2.24. The van der Waals surface area contributed by atoms with Gasteiger partial charge in [-0.2, -0.15) is 0 Å². The molecule has 0 saturated carbocycles. The summed E-state index contributed by atoms with van der Waals surface area (Å²) in [6, 6.07) is 20.5. The van der Waals surface area contributed by atoms with E-state index in [-0.39, 0.29) is 10.9 Å². The lowest BCUT2D eigenvalue weighted by molar-refractivity contribution is -0.139. The maximum atomic E-state index is 12.8. The molecule has 1 unspecified atom stereocenters. The molecule has 0 spiro atoms. The van der Waals surface area contributed by atoms with Crippen molar-refractivity contribution in [3.8, 4) is 28.5 Å². The van der Waals surface area contributed by atoms with Gasteiger partial charge in [0.15, 0.2) is 0 Å². The molecule has 4 aromatic rings. The Morgan fingerprint density at radius 3 is 2.49 bits per heavy atom. The van der Waals surface area contributed by atoms with Crippen molar-refractivity contribution in [2.45, 2.75) is 12.3 Å². The molecule has 1 aromatic heterocycles. The highest BCUT2D eigenvalue weighted by atomic mass is 35.5. The predicted molar refractivity (Wildman–Crippen MR) is 141 cm³/mol. The number of carboxylic acids is 1. The standard InChI is InChI=1S/C28H20Cl2N2O5/c29-18-5-1-16(2-6-18)24-13-19(9-11-31-24)32-27(33)17-3-7-20(8-4-17)37-26-15-25-22(14-23(26)30)21(28(34)35)10-12-36-25/h1-9,11,13-15,21H,10,12H2,(H,34,35)(H,31,32,33). The van der Waals surface area contributed by atoms with Crippen LogP contribution in [0, 0.1) is 0 Å². The van der Waals surface area contributed by atoms with Gasteiger partial charge in [-0.3, -0.25) is 14.6 Å². The van der Waals surface area contributed by atoms with Crippen LogP contribution in [-0.2, 0) is 4.79 Å². The first-order valence-electron chi connectivity index (χ1n) is 11.4. The summed E-state index contributed by atoms with van der Waals surface area (Å²) in [5.41, 5.74) is 3.15. The zero-order valence-electron chi connectivity index (χ0n) is 19.3. The number of carbonyl (C=O) groups is 2. The highest BCUT2D eigenvalue weighted by Gasteiger charge is 2.29. The number of aliphatic carboxylic acids is 1.